The first-order valence-corrected chi connectivity index (χ1v) is 8.25. The van der Waals surface area contributed by atoms with Gasteiger partial charge < -0.3 is 15.2 Å². The first kappa shape index (κ1) is 18.1. The molecule has 1 rings (SSSR count). The fraction of sp³-hybridized carbons (Fsp3) is 0.429. The van der Waals surface area contributed by atoms with E-state index in [4.69, 9.17) is 9.84 Å². The molecule has 0 aliphatic carbocycles. The maximum Gasteiger partial charge on any atom is 0.335 e. The quantitative estimate of drug-likeness (QED) is 0.814. The highest BCUT2D eigenvalue weighted by molar-refractivity contribution is 7.92. The lowest BCUT2D eigenvalue weighted by Gasteiger charge is -2.21. The number of methoxy groups -OCH3 is 1. The molecule has 0 heterocycles. The number of carboxylic acids is 1. The molecule has 0 fully saturated rings. The molecular weight excluding hydrogens is 310 g/mol. The standard InChI is InChI=1S/C14H19NO6S/c1-14(2,22(4,19)20)13(18)15-11-6-9(8-21-3)5-10(7-11)12(16)17/h5-7H,8H2,1-4H3,(H,15,18)(H,16,17). The van der Waals surface area contributed by atoms with Crippen molar-refractivity contribution in [2.75, 3.05) is 18.7 Å². The molecule has 1 aromatic carbocycles. The third-order valence-electron chi connectivity index (χ3n) is 3.28. The molecule has 0 aliphatic rings. The summed E-state index contributed by atoms with van der Waals surface area (Å²) in [6, 6.07) is 4.22. The summed E-state index contributed by atoms with van der Waals surface area (Å²) in [6.45, 7) is 2.74. The van der Waals surface area contributed by atoms with Crippen LogP contribution in [0.4, 0.5) is 5.69 Å². The van der Waals surface area contributed by atoms with Gasteiger partial charge in [0.15, 0.2) is 9.84 Å². The lowest BCUT2D eigenvalue weighted by Crippen LogP contribution is -2.43. The monoisotopic (exact) mass is 329 g/mol. The number of aromatic carboxylic acids is 1. The minimum atomic E-state index is -3.62. The average molecular weight is 329 g/mol. The predicted octanol–water partition coefficient (Wildman–Crippen LogP) is 1.29. The molecule has 1 aromatic rings. The van der Waals surface area contributed by atoms with Gasteiger partial charge in [0.1, 0.15) is 4.75 Å². The van der Waals surface area contributed by atoms with E-state index >= 15 is 0 Å². The van der Waals surface area contributed by atoms with Crippen molar-refractivity contribution in [3.63, 3.8) is 0 Å². The van der Waals surface area contributed by atoms with Crippen molar-refractivity contribution in [2.45, 2.75) is 25.2 Å². The Labute approximate surface area is 129 Å². The van der Waals surface area contributed by atoms with E-state index in [1.807, 2.05) is 0 Å². The largest absolute Gasteiger partial charge is 0.478 e. The van der Waals surface area contributed by atoms with Gasteiger partial charge >= 0.3 is 5.97 Å². The normalized spacial score (nSPS) is 12.0. The van der Waals surface area contributed by atoms with Gasteiger partial charge in [-0.15, -0.1) is 0 Å². The summed E-state index contributed by atoms with van der Waals surface area (Å²) in [6.07, 6.45) is 0.969. The van der Waals surface area contributed by atoms with E-state index in [0.717, 1.165) is 6.26 Å². The third-order valence-corrected chi connectivity index (χ3v) is 5.32. The number of hydrogen-bond acceptors (Lipinski definition) is 5. The van der Waals surface area contributed by atoms with Crippen LogP contribution in [0.15, 0.2) is 18.2 Å². The number of hydrogen-bond donors (Lipinski definition) is 2. The van der Waals surface area contributed by atoms with Crippen LogP contribution in [0.25, 0.3) is 0 Å². The van der Waals surface area contributed by atoms with Crippen molar-refractivity contribution in [1.29, 1.82) is 0 Å². The molecule has 122 valence electrons. The Balaban J connectivity index is 3.17. The SMILES string of the molecule is COCc1cc(NC(=O)C(C)(C)S(C)(=O)=O)cc(C(=O)O)c1. The zero-order valence-electron chi connectivity index (χ0n) is 12.8. The summed E-state index contributed by atoms with van der Waals surface area (Å²) in [7, 11) is -2.16. The Bertz CT molecular complexity index is 693. The highest BCUT2D eigenvalue weighted by atomic mass is 32.2. The number of sulfone groups is 1. The number of rotatable bonds is 6. The zero-order valence-corrected chi connectivity index (χ0v) is 13.7. The van der Waals surface area contributed by atoms with E-state index in [1.165, 1.54) is 39.2 Å². The van der Waals surface area contributed by atoms with Crippen molar-refractivity contribution >= 4 is 27.4 Å². The zero-order chi connectivity index (χ0) is 17.1. The van der Waals surface area contributed by atoms with Crippen LogP contribution >= 0.6 is 0 Å². The fourth-order valence-corrected chi connectivity index (χ4v) is 1.98. The minimum Gasteiger partial charge on any atom is -0.478 e. The number of benzene rings is 1. The Kier molecular flexibility index (Phi) is 5.31. The molecule has 0 atom stereocenters. The molecule has 0 spiro atoms. The van der Waals surface area contributed by atoms with E-state index in [-0.39, 0.29) is 17.9 Å². The minimum absolute atomic E-state index is 0.0259. The number of carboxylic acid groups (broad SMARTS) is 1. The van der Waals surface area contributed by atoms with E-state index in [9.17, 15) is 18.0 Å². The first-order valence-electron chi connectivity index (χ1n) is 6.36. The van der Waals surface area contributed by atoms with Crippen molar-refractivity contribution in [1.82, 2.24) is 0 Å². The molecule has 0 aliphatic heterocycles. The number of carbonyl (C=O) groups is 2. The molecule has 0 aromatic heterocycles. The van der Waals surface area contributed by atoms with Crippen molar-refractivity contribution < 1.29 is 27.9 Å². The predicted molar refractivity (Wildman–Crippen MR) is 81.7 cm³/mol. The average Bonchev–Trinajstić information content (AvgIpc) is 2.37. The molecule has 22 heavy (non-hydrogen) atoms. The summed E-state index contributed by atoms with van der Waals surface area (Å²) in [5, 5.41) is 11.5. The van der Waals surface area contributed by atoms with E-state index in [0.29, 0.717) is 5.56 Å². The van der Waals surface area contributed by atoms with Gasteiger partial charge in [0.05, 0.1) is 12.2 Å². The van der Waals surface area contributed by atoms with Gasteiger partial charge in [-0.1, -0.05) is 0 Å². The van der Waals surface area contributed by atoms with Gasteiger partial charge in [-0.3, -0.25) is 4.79 Å². The van der Waals surface area contributed by atoms with Crippen molar-refractivity contribution in [2.24, 2.45) is 0 Å². The summed E-state index contributed by atoms with van der Waals surface area (Å²) in [5.74, 6) is -1.89. The topological polar surface area (TPSA) is 110 Å². The van der Waals surface area contributed by atoms with Crippen LogP contribution in [0.5, 0.6) is 0 Å². The van der Waals surface area contributed by atoms with E-state index in [2.05, 4.69) is 5.32 Å². The molecule has 0 bridgehead atoms. The number of amides is 1. The number of nitrogens with one attached hydrogen (secondary N) is 1. The summed E-state index contributed by atoms with van der Waals surface area (Å²) >= 11 is 0. The fourth-order valence-electron chi connectivity index (χ4n) is 1.59. The first-order chi connectivity index (χ1) is 9.99. The van der Waals surface area contributed by atoms with Crippen LogP contribution in [-0.4, -0.2) is 43.5 Å². The van der Waals surface area contributed by atoms with Gasteiger partial charge in [-0.2, -0.15) is 0 Å². The van der Waals surface area contributed by atoms with E-state index in [1.54, 1.807) is 0 Å². The van der Waals surface area contributed by atoms with Gasteiger partial charge in [-0.05, 0) is 37.6 Å². The third kappa shape index (κ3) is 4.05. The van der Waals surface area contributed by atoms with Gasteiger partial charge in [-0.25, -0.2) is 13.2 Å². The van der Waals surface area contributed by atoms with Crippen molar-refractivity contribution in [3.8, 4) is 0 Å². The molecular formula is C14H19NO6S. The maximum absolute atomic E-state index is 12.2. The lowest BCUT2D eigenvalue weighted by atomic mass is 10.1. The number of carbonyl (C=O) groups excluding carboxylic acids is 1. The maximum atomic E-state index is 12.2. The van der Waals surface area contributed by atoms with Crippen LogP contribution in [0.3, 0.4) is 0 Å². The van der Waals surface area contributed by atoms with Crippen LogP contribution in [0.1, 0.15) is 29.8 Å². The summed E-state index contributed by atoms with van der Waals surface area (Å²) in [5.41, 5.74) is 0.727. The smallest absolute Gasteiger partial charge is 0.335 e. The molecule has 7 nitrogen and oxygen atoms in total. The van der Waals surface area contributed by atoms with Gasteiger partial charge in [0, 0.05) is 19.1 Å². The van der Waals surface area contributed by atoms with Crippen molar-refractivity contribution in [3.05, 3.63) is 29.3 Å². The molecule has 1 amide bonds. The molecule has 2 N–H and O–H groups in total. The second-order valence-corrected chi connectivity index (χ2v) is 7.96. The molecule has 0 saturated heterocycles. The Morgan fingerprint density at radius 2 is 1.86 bits per heavy atom. The highest BCUT2D eigenvalue weighted by Crippen LogP contribution is 2.21. The number of anilines is 1. The Hall–Kier alpha value is -1.93. The summed E-state index contributed by atoms with van der Waals surface area (Å²) in [4.78, 5) is 23.3. The molecule has 0 saturated carbocycles. The van der Waals surface area contributed by atoms with Gasteiger partial charge in [0.25, 0.3) is 0 Å². The van der Waals surface area contributed by atoms with E-state index < -0.39 is 26.5 Å². The molecule has 0 radical (unpaired) electrons. The van der Waals surface area contributed by atoms with Crippen LogP contribution < -0.4 is 5.32 Å². The second-order valence-electron chi connectivity index (χ2n) is 5.39. The van der Waals surface area contributed by atoms with Crippen LogP contribution in [0.2, 0.25) is 0 Å². The van der Waals surface area contributed by atoms with Crippen LogP contribution in [-0.2, 0) is 26.0 Å². The Morgan fingerprint density at radius 3 is 2.32 bits per heavy atom. The molecule has 8 heteroatoms. The second kappa shape index (κ2) is 6.45. The highest BCUT2D eigenvalue weighted by Gasteiger charge is 2.38. The lowest BCUT2D eigenvalue weighted by molar-refractivity contribution is -0.117. The molecule has 0 unspecified atom stereocenters. The summed E-state index contributed by atoms with van der Waals surface area (Å²) < 4.78 is 26.6. The number of ether oxygens (including phenoxy) is 1. The van der Waals surface area contributed by atoms with Gasteiger partial charge in [0.2, 0.25) is 5.91 Å². The Morgan fingerprint density at radius 1 is 1.27 bits per heavy atom. The van der Waals surface area contributed by atoms with Crippen LogP contribution in [0, 0.1) is 0 Å².